The second kappa shape index (κ2) is 38.2. The largest absolute Gasteiger partial charge is 0.381 e. The summed E-state index contributed by atoms with van der Waals surface area (Å²) in [7, 11) is 6.18. The molecule has 0 saturated carbocycles. The number of nitrogens with zero attached hydrogens (tertiary/aromatic N) is 15. The van der Waals surface area contributed by atoms with E-state index in [0.29, 0.717) is 229 Å². The number of carbonyl (C=O) groups is 9. The quantitative estimate of drug-likeness (QED) is 0.0573. The summed E-state index contributed by atoms with van der Waals surface area (Å²) in [5.74, 6) is 2.73. The molecule has 6 aromatic rings. The Hall–Kier alpha value is -11.7. The number of aldehydes is 3. The first-order valence-corrected chi connectivity index (χ1v) is 39.0. The molecular weight excluding hydrogens is 1490 g/mol. The summed E-state index contributed by atoms with van der Waals surface area (Å²) >= 11 is 0. The maximum Gasteiger partial charge on any atom is 0.328 e. The van der Waals surface area contributed by atoms with Gasteiger partial charge in [-0.2, -0.15) is 15.8 Å². The van der Waals surface area contributed by atoms with Crippen LogP contribution in [0.4, 0.5) is 49.3 Å². The molecule has 1 unspecified atom stereocenters. The Bertz CT molecular complexity index is 4660. The van der Waals surface area contributed by atoms with Crippen LogP contribution >= 0.6 is 0 Å². The number of urea groups is 3. The highest BCUT2D eigenvalue weighted by molar-refractivity contribution is 6.04. The lowest BCUT2D eigenvalue weighted by atomic mass is 9.94. The monoisotopic (exact) mass is 1580 g/mol. The van der Waals surface area contributed by atoms with Crippen molar-refractivity contribution >= 4 is 89.6 Å². The fourth-order valence-electron chi connectivity index (χ4n) is 16.3. The van der Waals surface area contributed by atoms with E-state index >= 15 is 0 Å². The molecule has 9 amide bonds. The number of anilines is 6. The summed E-state index contributed by atoms with van der Waals surface area (Å²) < 4.78 is 37.6. The molecule has 0 aliphatic carbocycles. The highest BCUT2D eigenvalue weighted by Gasteiger charge is 2.38. The molecule has 15 rings (SSSR count). The van der Waals surface area contributed by atoms with E-state index in [-0.39, 0.29) is 66.5 Å². The van der Waals surface area contributed by atoms with Crippen LogP contribution in [0.3, 0.4) is 0 Å². The van der Waals surface area contributed by atoms with Crippen molar-refractivity contribution in [2.24, 2.45) is 17.8 Å². The van der Waals surface area contributed by atoms with Crippen LogP contribution in [0, 0.1) is 51.7 Å². The molecule has 15 heterocycles. The van der Waals surface area contributed by atoms with Crippen LogP contribution in [-0.2, 0) is 106 Å². The molecule has 9 aliphatic heterocycles. The lowest BCUT2D eigenvalue weighted by molar-refractivity contribution is -0.137. The first-order chi connectivity index (χ1) is 56.4. The van der Waals surface area contributed by atoms with Crippen molar-refractivity contribution in [3.8, 4) is 18.2 Å². The zero-order chi connectivity index (χ0) is 81.5. The third-order valence-corrected chi connectivity index (χ3v) is 22.6. The topological polar surface area (TPSA) is 422 Å². The molecule has 0 aromatic carbocycles. The minimum Gasteiger partial charge on any atom is -0.381 e. The Kier molecular flexibility index (Phi) is 27.1. The summed E-state index contributed by atoms with van der Waals surface area (Å²) in [4.78, 5) is 149. The summed E-state index contributed by atoms with van der Waals surface area (Å²) in [6.45, 7) is 7.51. The molecule has 6 saturated heterocycles. The van der Waals surface area contributed by atoms with Gasteiger partial charge in [0.15, 0.2) is 18.9 Å². The summed E-state index contributed by atoms with van der Waals surface area (Å²) in [6, 6.07) is 16.1. The maximum atomic E-state index is 13.4. The molecule has 9 aliphatic rings. The number of fused-ring (bicyclic) bond motifs is 3. The number of ether oxygens (including phenoxy) is 7. The molecule has 0 spiro atoms. The molecule has 116 heavy (non-hydrogen) atoms. The smallest absolute Gasteiger partial charge is 0.328 e. The average molecular weight is 1590 g/mol. The number of amides is 9. The SMILES string of the molecule is CO[C@@H]1CCN(Cc2cc3c(nc2C=O)N(C(=O)Nc2cc(C[C@@H]4CCOC4)c(C#N)cn2)CCC3)C1=O.CO[C@H]1CCN(Cc2cc3c(nc2C=O)N(C(=O)Nc2cc(CC4COC[C@H]4OC)c(C#N)cn2)CCC3)C1=O.CO[C@H]1CCN(Cc2cc3c(nc2C=O)N(C(=O)Nc2cc(C[C@@H]4CCOC4)c(C#N)cn2)CCC3)C1=O. The zero-order valence-corrected chi connectivity index (χ0v) is 65.2. The standard InChI is InChI=1S/C28H32N6O6.2C27H30N6O5/c1-38-23-5-7-33(27(23)36)13-19-8-17-4-3-6-34(26(17)31-22(19)14-35)28(37)32-25-10-18(21(11-29)12-30-25)9-20-15-40-16-24(20)39-2;2*1-37-23-4-7-32(26(23)35)14-20-10-18-3-2-6-33(25(18)30-22(20)15-34)27(36)31-24-11-19(21(12-28)13-29-24)9-17-5-8-38-16-17/h8,10,12,14,20,23-24H,3-7,9,13,15-16H2,1-2H3,(H,30,32,37);2*10-11,13,15,17,23H,2-9,14,16H2,1H3,(H,29,31,36)/t20?,23-,24+;17-,23+;17-,23-/m000/s1. The van der Waals surface area contributed by atoms with Crippen molar-refractivity contribution in [2.75, 3.05) is 138 Å². The van der Waals surface area contributed by atoms with Crippen molar-refractivity contribution < 1.29 is 76.3 Å². The highest BCUT2D eigenvalue weighted by Crippen LogP contribution is 2.35. The molecule has 6 fully saturated rings. The number of nitriles is 3. The van der Waals surface area contributed by atoms with Gasteiger partial charge in [-0.05, 0) is 152 Å². The molecule has 0 radical (unpaired) electrons. The predicted octanol–water partition coefficient (Wildman–Crippen LogP) is 7.04. The van der Waals surface area contributed by atoms with Gasteiger partial charge >= 0.3 is 18.1 Å². The van der Waals surface area contributed by atoms with Crippen molar-refractivity contribution in [2.45, 2.75) is 134 Å². The summed E-state index contributed by atoms with van der Waals surface area (Å²) in [6.07, 6.45) is 14.8. The van der Waals surface area contributed by atoms with E-state index in [0.717, 1.165) is 72.3 Å². The van der Waals surface area contributed by atoms with Crippen LogP contribution in [0.25, 0.3) is 0 Å². The van der Waals surface area contributed by atoms with Gasteiger partial charge in [-0.1, -0.05) is 0 Å². The van der Waals surface area contributed by atoms with Gasteiger partial charge in [0.1, 0.15) is 88.5 Å². The maximum absolute atomic E-state index is 13.4. The number of methoxy groups -OCH3 is 4. The van der Waals surface area contributed by atoms with Gasteiger partial charge in [0.05, 0.1) is 36.0 Å². The van der Waals surface area contributed by atoms with Gasteiger partial charge in [-0.25, -0.2) is 44.3 Å². The molecule has 34 heteroatoms. The number of carbonyl (C=O) groups excluding carboxylic acids is 9. The molecular formula is C82H92N18O16. The minimum absolute atomic E-state index is 0.0597. The van der Waals surface area contributed by atoms with Crippen molar-refractivity contribution in [1.29, 1.82) is 15.8 Å². The summed E-state index contributed by atoms with van der Waals surface area (Å²) in [5.41, 5.74) is 8.87. The normalized spacial score (nSPS) is 21.3. The van der Waals surface area contributed by atoms with Gasteiger partial charge in [-0.15, -0.1) is 0 Å². The van der Waals surface area contributed by atoms with E-state index < -0.39 is 36.4 Å². The van der Waals surface area contributed by atoms with E-state index in [9.17, 15) is 58.9 Å². The van der Waals surface area contributed by atoms with Crippen molar-refractivity contribution in [3.63, 3.8) is 0 Å². The van der Waals surface area contributed by atoms with E-state index in [1.54, 1.807) is 40.0 Å². The predicted molar refractivity (Wildman–Crippen MR) is 416 cm³/mol. The first-order valence-electron chi connectivity index (χ1n) is 39.0. The Morgan fingerprint density at radius 1 is 0.448 bits per heavy atom. The van der Waals surface area contributed by atoms with E-state index in [4.69, 9.17) is 33.2 Å². The molecule has 606 valence electrons. The zero-order valence-electron chi connectivity index (χ0n) is 65.2. The van der Waals surface area contributed by atoms with E-state index in [2.05, 4.69) is 64.1 Å². The third-order valence-electron chi connectivity index (χ3n) is 22.6. The summed E-state index contributed by atoms with van der Waals surface area (Å²) in [5, 5.41) is 37.1. The van der Waals surface area contributed by atoms with Crippen LogP contribution in [0.1, 0.15) is 150 Å². The number of aromatic nitrogens is 6. The van der Waals surface area contributed by atoms with Gasteiger partial charge in [0.2, 0.25) is 0 Å². The van der Waals surface area contributed by atoms with E-state index in [1.165, 1.54) is 54.6 Å². The Morgan fingerprint density at radius 2 is 0.793 bits per heavy atom. The second-order valence-electron chi connectivity index (χ2n) is 29.9. The third kappa shape index (κ3) is 18.8. The average Bonchev–Trinajstić information content (AvgIpc) is 1.01. The molecule has 0 bridgehead atoms. The van der Waals surface area contributed by atoms with Crippen LogP contribution in [0.5, 0.6) is 0 Å². The number of aryl methyl sites for hydroxylation is 3. The fourth-order valence-corrected chi connectivity index (χ4v) is 16.3. The molecule has 7 atom stereocenters. The Labute approximate surface area is 670 Å². The number of nitrogens with one attached hydrogen (secondary N) is 3. The van der Waals surface area contributed by atoms with Gasteiger partial charge in [0, 0.05) is 174 Å². The number of pyridine rings is 6. The van der Waals surface area contributed by atoms with Gasteiger partial charge in [-0.3, -0.25) is 59.4 Å². The van der Waals surface area contributed by atoms with E-state index in [1.807, 2.05) is 18.2 Å². The van der Waals surface area contributed by atoms with Crippen LogP contribution in [-0.4, -0.2) is 231 Å². The van der Waals surface area contributed by atoms with Crippen LogP contribution < -0.4 is 30.7 Å². The van der Waals surface area contributed by atoms with Gasteiger partial charge in [0.25, 0.3) is 17.7 Å². The van der Waals surface area contributed by atoms with Gasteiger partial charge < -0.3 is 47.9 Å². The Morgan fingerprint density at radius 3 is 1.09 bits per heavy atom. The Balaban J connectivity index is 0.000000151. The van der Waals surface area contributed by atoms with Crippen molar-refractivity contribution in [3.05, 3.63) is 139 Å². The number of hydrogen-bond donors (Lipinski definition) is 3. The number of likely N-dealkylation sites (tertiary alicyclic amines) is 3. The van der Waals surface area contributed by atoms with Crippen LogP contribution in [0.15, 0.2) is 55.0 Å². The number of hydrogen-bond acceptors (Lipinski definition) is 25. The second-order valence-corrected chi connectivity index (χ2v) is 29.9. The van der Waals surface area contributed by atoms with Crippen LogP contribution in [0.2, 0.25) is 0 Å². The molecule has 34 nitrogen and oxygen atoms in total. The minimum atomic E-state index is -0.464. The highest BCUT2D eigenvalue weighted by atomic mass is 16.5. The molecule has 6 aromatic heterocycles. The first kappa shape index (κ1) is 82.3. The lowest BCUT2D eigenvalue weighted by Gasteiger charge is -2.29. The molecule has 3 N–H and O–H groups in total. The van der Waals surface area contributed by atoms with Crippen molar-refractivity contribution in [1.82, 2.24) is 44.6 Å². The number of rotatable bonds is 22. The lowest BCUT2D eigenvalue weighted by Crippen LogP contribution is -2.40. The fraction of sp³-hybridized carbons (Fsp3) is 0.488.